The van der Waals surface area contributed by atoms with Crippen LogP contribution in [0.25, 0.3) is 0 Å². The van der Waals surface area contributed by atoms with Gasteiger partial charge in [0, 0.05) is 24.2 Å². The maximum absolute atomic E-state index is 10.7. The van der Waals surface area contributed by atoms with Crippen LogP contribution in [0.3, 0.4) is 0 Å². The third-order valence-corrected chi connectivity index (χ3v) is 2.34. The van der Waals surface area contributed by atoms with Gasteiger partial charge in [-0.3, -0.25) is 9.78 Å². The van der Waals surface area contributed by atoms with Crippen LogP contribution in [-0.4, -0.2) is 28.6 Å². The first-order chi connectivity index (χ1) is 7.83. The molecule has 1 N–H and O–H groups in total. The quantitative estimate of drug-likeness (QED) is 0.805. The van der Waals surface area contributed by atoms with Crippen LogP contribution in [0.1, 0.15) is 36.8 Å². The highest BCUT2D eigenvalue weighted by molar-refractivity contribution is 5.87. The number of aromatic carboxylic acids is 1. The van der Waals surface area contributed by atoms with Crippen molar-refractivity contribution in [2.24, 2.45) is 0 Å². The molecule has 0 aliphatic heterocycles. The minimum Gasteiger partial charge on any atom is -0.478 e. The summed E-state index contributed by atoms with van der Waals surface area (Å²) in [5.74, 6) is -1.36. The molecule has 5 nitrogen and oxygen atoms in total. The lowest BCUT2D eigenvalue weighted by molar-refractivity contribution is -0.142. The van der Waals surface area contributed by atoms with E-state index in [2.05, 4.69) is 4.98 Å². The van der Waals surface area contributed by atoms with Crippen LogP contribution in [0.2, 0.25) is 0 Å². The molecule has 1 rings (SSSR count). The van der Waals surface area contributed by atoms with Crippen molar-refractivity contribution in [3.63, 3.8) is 0 Å². The lowest BCUT2D eigenvalue weighted by Gasteiger charge is -2.23. The van der Waals surface area contributed by atoms with Gasteiger partial charge in [-0.15, -0.1) is 0 Å². The fraction of sp³-hybridized carbons (Fsp3) is 0.417. The number of pyridine rings is 1. The first-order valence-corrected chi connectivity index (χ1v) is 5.16. The van der Waals surface area contributed by atoms with Gasteiger partial charge in [-0.05, 0) is 12.1 Å². The molecular weight excluding hydrogens is 222 g/mol. The molecule has 1 aromatic rings. The number of esters is 1. The second-order valence-corrected chi connectivity index (χ2v) is 4.40. The monoisotopic (exact) mass is 237 g/mol. The summed E-state index contributed by atoms with van der Waals surface area (Å²) in [7, 11) is 0. The summed E-state index contributed by atoms with van der Waals surface area (Å²) in [6.45, 7) is 5.30. The van der Waals surface area contributed by atoms with Gasteiger partial charge < -0.3 is 9.84 Å². The minimum absolute atomic E-state index is 0.136. The van der Waals surface area contributed by atoms with Crippen LogP contribution in [0, 0.1) is 0 Å². The number of hydrogen-bond donors (Lipinski definition) is 1. The second kappa shape index (κ2) is 4.95. The predicted molar refractivity (Wildman–Crippen MR) is 60.9 cm³/mol. The Balaban J connectivity index is 2.84. The van der Waals surface area contributed by atoms with Gasteiger partial charge in [0.25, 0.3) is 0 Å². The number of ether oxygens (including phenoxy) is 1. The third kappa shape index (κ3) is 3.55. The van der Waals surface area contributed by atoms with E-state index in [4.69, 9.17) is 9.84 Å². The normalized spacial score (nSPS) is 11.0. The minimum atomic E-state index is -1.01. The maximum Gasteiger partial charge on any atom is 0.337 e. The van der Waals surface area contributed by atoms with E-state index in [1.54, 1.807) is 6.07 Å². The Kier molecular flexibility index (Phi) is 3.83. The van der Waals surface area contributed by atoms with Crippen molar-refractivity contribution in [2.45, 2.75) is 26.2 Å². The van der Waals surface area contributed by atoms with Gasteiger partial charge in [0.15, 0.2) is 0 Å². The highest BCUT2D eigenvalue weighted by Gasteiger charge is 2.24. The molecule has 17 heavy (non-hydrogen) atoms. The fourth-order valence-corrected chi connectivity index (χ4v) is 1.28. The standard InChI is InChI=1S/C12H15NO4/c1-8(14)17-7-12(2,3)10-5-4-9(6-13-10)11(15)16/h4-6H,7H2,1-3H3,(H,15,16). The van der Waals surface area contributed by atoms with Crippen LogP contribution in [0.5, 0.6) is 0 Å². The summed E-state index contributed by atoms with van der Waals surface area (Å²) in [4.78, 5) is 25.5. The number of rotatable bonds is 4. The van der Waals surface area contributed by atoms with Gasteiger partial charge >= 0.3 is 11.9 Å². The summed E-state index contributed by atoms with van der Waals surface area (Å²) in [6, 6.07) is 3.12. The predicted octanol–water partition coefficient (Wildman–Crippen LogP) is 1.62. The van der Waals surface area contributed by atoms with E-state index >= 15 is 0 Å². The van der Waals surface area contributed by atoms with Crippen LogP contribution in [0.4, 0.5) is 0 Å². The molecule has 0 fully saturated rings. The van der Waals surface area contributed by atoms with E-state index in [-0.39, 0.29) is 18.1 Å². The largest absolute Gasteiger partial charge is 0.478 e. The smallest absolute Gasteiger partial charge is 0.337 e. The fourth-order valence-electron chi connectivity index (χ4n) is 1.28. The van der Waals surface area contributed by atoms with Crippen LogP contribution in [-0.2, 0) is 14.9 Å². The van der Waals surface area contributed by atoms with Crippen molar-refractivity contribution in [3.05, 3.63) is 29.6 Å². The SMILES string of the molecule is CC(=O)OCC(C)(C)c1ccc(C(=O)O)cn1. The number of aromatic nitrogens is 1. The highest BCUT2D eigenvalue weighted by atomic mass is 16.5. The molecule has 92 valence electrons. The van der Waals surface area contributed by atoms with Crippen LogP contribution >= 0.6 is 0 Å². The molecule has 0 radical (unpaired) electrons. The van der Waals surface area contributed by atoms with Gasteiger partial charge in [0.1, 0.15) is 6.61 Å². The van der Waals surface area contributed by atoms with Gasteiger partial charge in [0.05, 0.1) is 5.56 Å². The number of carbonyl (C=O) groups is 2. The molecule has 0 bridgehead atoms. The Labute approximate surface area is 99.4 Å². The molecule has 0 aromatic carbocycles. The Morgan fingerprint density at radius 2 is 2.06 bits per heavy atom. The van der Waals surface area contributed by atoms with Crippen molar-refractivity contribution < 1.29 is 19.4 Å². The Hall–Kier alpha value is -1.91. The van der Waals surface area contributed by atoms with Gasteiger partial charge in [-0.25, -0.2) is 4.79 Å². The van der Waals surface area contributed by atoms with Crippen molar-refractivity contribution >= 4 is 11.9 Å². The molecule has 0 spiro atoms. The molecule has 5 heteroatoms. The lowest BCUT2D eigenvalue weighted by atomic mass is 9.89. The Morgan fingerprint density at radius 3 is 2.47 bits per heavy atom. The lowest BCUT2D eigenvalue weighted by Crippen LogP contribution is -2.27. The number of nitrogens with zero attached hydrogens (tertiary/aromatic N) is 1. The van der Waals surface area contributed by atoms with Crippen molar-refractivity contribution in [2.75, 3.05) is 6.61 Å². The van der Waals surface area contributed by atoms with E-state index in [9.17, 15) is 9.59 Å². The van der Waals surface area contributed by atoms with Crippen LogP contribution in [0.15, 0.2) is 18.3 Å². The summed E-state index contributed by atoms with van der Waals surface area (Å²) in [5.41, 5.74) is 0.378. The van der Waals surface area contributed by atoms with Crippen molar-refractivity contribution in [3.8, 4) is 0 Å². The molecule has 0 amide bonds. The summed E-state index contributed by atoms with van der Waals surface area (Å²) in [5, 5.41) is 8.75. The summed E-state index contributed by atoms with van der Waals surface area (Å²) < 4.78 is 4.94. The molecule has 0 unspecified atom stereocenters. The zero-order chi connectivity index (χ0) is 13.1. The molecule has 0 saturated carbocycles. The molecule has 1 aromatic heterocycles. The molecule has 0 atom stereocenters. The Bertz CT molecular complexity index is 423. The van der Waals surface area contributed by atoms with E-state index in [0.717, 1.165) is 0 Å². The van der Waals surface area contributed by atoms with E-state index < -0.39 is 11.4 Å². The molecule has 1 heterocycles. The molecule has 0 saturated heterocycles. The zero-order valence-corrected chi connectivity index (χ0v) is 10.1. The van der Waals surface area contributed by atoms with Crippen LogP contribution < -0.4 is 0 Å². The Morgan fingerprint density at radius 1 is 1.41 bits per heavy atom. The second-order valence-electron chi connectivity index (χ2n) is 4.40. The summed E-state index contributed by atoms with van der Waals surface area (Å²) in [6.07, 6.45) is 1.30. The maximum atomic E-state index is 10.7. The van der Waals surface area contributed by atoms with E-state index in [1.807, 2.05) is 13.8 Å². The highest BCUT2D eigenvalue weighted by Crippen LogP contribution is 2.21. The first kappa shape index (κ1) is 13.2. The average Bonchev–Trinajstić information content (AvgIpc) is 2.27. The first-order valence-electron chi connectivity index (χ1n) is 5.16. The number of carbonyl (C=O) groups excluding carboxylic acids is 1. The van der Waals surface area contributed by atoms with Gasteiger partial charge in [-0.1, -0.05) is 13.8 Å². The zero-order valence-electron chi connectivity index (χ0n) is 10.1. The van der Waals surface area contributed by atoms with Crippen molar-refractivity contribution in [1.29, 1.82) is 0 Å². The third-order valence-electron chi connectivity index (χ3n) is 2.34. The van der Waals surface area contributed by atoms with Gasteiger partial charge in [-0.2, -0.15) is 0 Å². The van der Waals surface area contributed by atoms with Gasteiger partial charge in [0.2, 0.25) is 0 Å². The molecular formula is C12H15NO4. The number of hydrogen-bond acceptors (Lipinski definition) is 4. The number of carboxylic acid groups (broad SMARTS) is 1. The number of carboxylic acids is 1. The van der Waals surface area contributed by atoms with E-state index in [1.165, 1.54) is 19.2 Å². The average molecular weight is 237 g/mol. The molecule has 0 aliphatic rings. The summed E-state index contributed by atoms with van der Waals surface area (Å²) >= 11 is 0. The van der Waals surface area contributed by atoms with E-state index in [0.29, 0.717) is 5.69 Å². The topological polar surface area (TPSA) is 76.5 Å². The molecule has 0 aliphatic carbocycles. The van der Waals surface area contributed by atoms with Crippen molar-refractivity contribution in [1.82, 2.24) is 4.98 Å².